The van der Waals surface area contributed by atoms with Gasteiger partial charge >= 0.3 is 0 Å². The average molecular weight is 454 g/mol. The van der Waals surface area contributed by atoms with E-state index in [1.54, 1.807) is 26.1 Å². The summed E-state index contributed by atoms with van der Waals surface area (Å²) in [7, 11) is 1.59. The molecule has 3 unspecified atom stereocenters. The molecule has 0 fully saturated rings. The number of nitrogens with zero attached hydrogens (tertiary/aromatic N) is 1. The lowest BCUT2D eigenvalue weighted by Crippen LogP contribution is -2.46. The number of carbonyl (C=O) groups excluding carboxylic acids is 2. The Bertz CT molecular complexity index is 1040. The summed E-state index contributed by atoms with van der Waals surface area (Å²) >= 11 is 0. The lowest BCUT2D eigenvalue weighted by Gasteiger charge is -2.33. The third-order valence-electron chi connectivity index (χ3n) is 5.73. The van der Waals surface area contributed by atoms with Crippen molar-refractivity contribution in [2.24, 2.45) is 0 Å². The molecule has 1 amide bonds. The summed E-state index contributed by atoms with van der Waals surface area (Å²) < 4.78 is 0. The van der Waals surface area contributed by atoms with Crippen LogP contribution >= 0.6 is 0 Å². The second-order valence-electron chi connectivity index (χ2n) is 8.26. The van der Waals surface area contributed by atoms with E-state index in [1.165, 1.54) is 11.0 Å². The highest BCUT2D eigenvalue weighted by atomic mass is 16.3. The molecule has 2 aromatic rings. The second-order valence-corrected chi connectivity index (χ2v) is 8.26. The Hall–Kier alpha value is -3.36. The largest absolute Gasteiger partial charge is 0.505 e. The van der Waals surface area contributed by atoms with Crippen LogP contribution in [0, 0.1) is 0 Å². The molecular weight excluding hydrogens is 422 g/mol. The highest BCUT2D eigenvalue weighted by Crippen LogP contribution is 2.34. The number of Topliss-reactive ketones (excluding diaryl/α,β-unsaturated/α-hetero) is 1. The molecule has 1 aliphatic rings. The molecule has 3 rings (SSSR count). The number of aromatic hydroxyl groups is 1. The number of phenolic OH excluding ortho intramolecular Hbond substituents is 1. The standard InChI is InChI=1S/C25H31N3O5/c1-4-18(16-9-6-5-7-10-16)26-20-21(24(32)23(20)31)27-19-12-8-11-17(22(19)30)25(33)28(3)14-13-15(2)29/h5-12,15,18,23,26-27,29-31H,4,13-14H2,1-3H3. The highest BCUT2D eigenvalue weighted by molar-refractivity contribution is 6.11. The zero-order valence-electron chi connectivity index (χ0n) is 19.1. The Kier molecular flexibility index (Phi) is 7.73. The van der Waals surface area contributed by atoms with Crippen LogP contribution in [0.5, 0.6) is 5.75 Å². The van der Waals surface area contributed by atoms with Gasteiger partial charge in [0.05, 0.1) is 29.1 Å². The predicted molar refractivity (Wildman–Crippen MR) is 126 cm³/mol. The summed E-state index contributed by atoms with van der Waals surface area (Å²) in [6.07, 6.45) is -0.673. The van der Waals surface area contributed by atoms with E-state index in [0.29, 0.717) is 18.7 Å². The average Bonchev–Trinajstić information content (AvgIpc) is 2.82. The number of hydrogen-bond acceptors (Lipinski definition) is 7. The lowest BCUT2D eigenvalue weighted by molar-refractivity contribution is -0.124. The zero-order valence-corrected chi connectivity index (χ0v) is 19.1. The Balaban J connectivity index is 1.82. The number of aliphatic hydroxyl groups is 2. The van der Waals surface area contributed by atoms with Crippen LogP contribution in [-0.2, 0) is 4.79 Å². The molecule has 1 aliphatic carbocycles. The first-order chi connectivity index (χ1) is 15.7. The molecule has 0 aromatic heterocycles. The second kappa shape index (κ2) is 10.5. The molecule has 0 aliphatic heterocycles. The molecule has 0 radical (unpaired) electrons. The van der Waals surface area contributed by atoms with Crippen molar-refractivity contribution in [2.75, 3.05) is 18.9 Å². The number of rotatable bonds is 10. The van der Waals surface area contributed by atoms with Crippen molar-refractivity contribution in [1.29, 1.82) is 0 Å². The molecule has 0 heterocycles. The third-order valence-corrected chi connectivity index (χ3v) is 5.73. The van der Waals surface area contributed by atoms with Crippen molar-refractivity contribution in [1.82, 2.24) is 10.2 Å². The van der Waals surface area contributed by atoms with E-state index >= 15 is 0 Å². The van der Waals surface area contributed by atoms with Gasteiger partial charge in [0, 0.05) is 13.6 Å². The van der Waals surface area contributed by atoms with Gasteiger partial charge in [-0.2, -0.15) is 0 Å². The van der Waals surface area contributed by atoms with E-state index in [4.69, 9.17) is 0 Å². The van der Waals surface area contributed by atoms with Crippen LogP contribution in [0.1, 0.15) is 48.7 Å². The fourth-order valence-corrected chi connectivity index (χ4v) is 3.67. The van der Waals surface area contributed by atoms with Crippen LogP contribution in [0.4, 0.5) is 5.69 Å². The molecule has 0 spiro atoms. The summed E-state index contributed by atoms with van der Waals surface area (Å²) in [6, 6.07) is 14.3. The van der Waals surface area contributed by atoms with Gasteiger partial charge in [-0.3, -0.25) is 9.59 Å². The first-order valence-electron chi connectivity index (χ1n) is 11.0. The van der Waals surface area contributed by atoms with Gasteiger partial charge in [-0.05, 0) is 37.5 Å². The Morgan fingerprint density at radius 3 is 2.48 bits per heavy atom. The summed E-state index contributed by atoms with van der Waals surface area (Å²) in [5.41, 5.74) is 1.78. The summed E-state index contributed by atoms with van der Waals surface area (Å²) in [5.74, 6) is -1.19. The zero-order chi connectivity index (χ0) is 24.1. The number of hydrogen-bond donors (Lipinski definition) is 5. The molecule has 0 saturated heterocycles. The number of para-hydroxylation sites is 1. The quantitative estimate of drug-likeness (QED) is 0.351. The van der Waals surface area contributed by atoms with Crippen molar-refractivity contribution in [3.63, 3.8) is 0 Å². The van der Waals surface area contributed by atoms with E-state index in [9.17, 15) is 24.9 Å². The van der Waals surface area contributed by atoms with E-state index in [2.05, 4.69) is 10.6 Å². The van der Waals surface area contributed by atoms with Crippen molar-refractivity contribution >= 4 is 17.4 Å². The van der Waals surface area contributed by atoms with Gasteiger partial charge < -0.3 is 30.9 Å². The molecule has 0 saturated carbocycles. The molecule has 8 nitrogen and oxygen atoms in total. The number of aliphatic hydroxyl groups excluding tert-OH is 2. The van der Waals surface area contributed by atoms with E-state index in [1.807, 2.05) is 37.3 Å². The van der Waals surface area contributed by atoms with Crippen molar-refractivity contribution in [3.05, 3.63) is 71.1 Å². The van der Waals surface area contributed by atoms with Crippen molar-refractivity contribution < 1.29 is 24.9 Å². The third kappa shape index (κ3) is 5.35. The number of anilines is 1. The van der Waals surface area contributed by atoms with E-state index < -0.39 is 23.9 Å². The predicted octanol–water partition coefficient (Wildman–Crippen LogP) is 2.54. The highest BCUT2D eigenvalue weighted by Gasteiger charge is 2.39. The molecule has 8 heteroatoms. The fourth-order valence-electron chi connectivity index (χ4n) is 3.67. The maximum absolute atomic E-state index is 12.7. The molecule has 33 heavy (non-hydrogen) atoms. The van der Waals surface area contributed by atoms with Gasteiger partial charge in [0.1, 0.15) is 5.70 Å². The van der Waals surface area contributed by atoms with Gasteiger partial charge in [-0.15, -0.1) is 0 Å². The van der Waals surface area contributed by atoms with Crippen LogP contribution in [0.2, 0.25) is 0 Å². The number of carbonyl (C=O) groups is 2. The normalized spacial score (nSPS) is 17.2. The summed E-state index contributed by atoms with van der Waals surface area (Å²) in [5, 5.41) is 36.5. The van der Waals surface area contributed by atoms with Crippen molar-refractivity contribution in [2.45, 2.75) is 44.9 Å². The van der Waals surface area contributed by atoms with Crippen LogP contribution in [-0.4, -0.2) is 57.7 Å². The van der Waals surface area contributed by atoms with E-state index in [0.717, 1.165) is 12.0 Å². The minimum absolute atomic E-state index is 0.0752. The molecule has 176 valence electrons. The molecule has 0 bridgehead atoms. The number of nitrogens with one attached hydrogen (secondary N) is 2. The van der Waals surface area contributed by atoms with Gasteiger partial charge in [0.25, 0.3) is 5.91 Å². The Morgan fingerprint density at radius 2 is 1.85 bits per heavy atom. The molecule has 5 N–H and O–H groups in total. The molecular formula is C25H31N3O5. The monoisotopic (exact) mass is 453 g/mol. The lowest BCUT2D eigenvalue weighted by atomic mass is 9.92. The number of amides is 1. The molecule has 2 aromatic carbocycles. The summed E-state index contributed by atoms with van der Waals surface area (Å²) in [6.45, 7) is 3.97. The number of ketones is 1. The minimum Gasteiger partial charge on any atom is -0.505 e. The SMILES string of the molecule is CCC(NC1=C(Nc2cccc(C(=O)N(C)CCC(C)O)c2O)C(=O)C1O)c1ccccc1. The van der Waals surface area contributed by atoms with Crippen molar-refractivity contribution in [3.8, 4) is 5.75 Å². The fraction of sp³-hybridized carbons (Fsp3) is 0.360. The number of benzene rings is 2. The van der Waals surface area contributed by atoms with Crippen LogP contribution in [0.3, 0.4) is 0 Å². The first-order valence-corrected chi connectivity index (χ1v) is 11.0. The maximum Gasteiger partial charge on any atom is 0.257 e. The topological polar surface area (TPSA) is 122 Å². The van der Waals surface area contributed by atoms with E-state index in [-0.39, 0.29) is 28.7 Å². The Morgan fingerprint density at radius 1 is 1.15 bits per heavy atom. The first kappa shape index (κ1) is 24.3. The van der Waals surface area contributed by atoms with Gasteiger partial charge in [0.15, 0.2) is 11.9 Å². The summed E-state index contributed by atoms with van der Waals surface area (Å²) in [4.78, 5) is 26.5. The smallest absolute Gasteiger partial charge is 0.257 e. The minimum atomic E-state index is -1.27. The molecule has 3 atom stereocenters. The Labute approximate surface area is 193 Å². The van der Waals surface area contributed by atoms with Crippen LogP contribution in [0.25, 0.3) is 0 Å². The van der Waals surface area contributed by atoms with Gasteiger partial charge in [0.2, 0.25) is 5.78 Å². The van der Waals surface area contributed by atoms with Crippen LogP contribution < -0.4 is 10.6 Å². The van der Waals surface area contributed by atoms with Gasteiger partial charge in [-0.1, -0.05) is 43.3 Å². The number of phenols is 1. The van der Waals surface area contributed by atoms with Crippen LogP contribution in [0.15, 0.2) is 59.9 Å². The maximum atomic E-state index is 12.7. The van der Waals surface area contributed by atoms with Gasteiger partial charge in [-0.25, -0.2) is 0 Å².